The van der Waals surface area contributed by atoms with Gasteiger partial charge in [-0.1, -0.05) is 18.2 Å². The van der Waals surface area contributed by atoms with E-state index in [4.69, 9.17) is 17.3 Å². The van der Waals surface area contributed by atoms with E-state index in [9.17, 15) is 9.59 Å². The maximum Gasteiger partial charge on any atom is 0.404 e. The molecule has 124 valence electrons. The highest BCUT2D eigenvalue weighted by atomic mass is 32.1. The minimum atomic E-state index is -0.977. The number of carbonyl (C=O) groups excluding carboxylic acids is 1. The van der Waals surface area contributed by atoms with E-state index in [-0.39, 0.29) is 11.9 Å². The number of thiocarbonyl (C=S) groups is 1. The van der Waals surface area contributed by atoms with Crippen molar-refractivity contribution < 1.29 is 14.7 Å². The summed E-state index contributed by atoms with van der Waals surface area (Å²) < 4.78 is 0. The van der Waals surface area contributed by atoms with Crippen LogP contribution in [-0.2, 0) is 0 Å². The fraction of sp³-hybridized carbons (Fsp3) is 0.438. The maximum absolute atomic E-state index is 12.0. The molecule has 0 saturated heterocycles. The van der Waals surface area contributed by atoms with E-state index < -0.39 is 6.09 Å². The molecule has 0 spiro atoms. The highest BCUT2D eigenvalue weighted by Crippen LogP contribution is 2.23. The molecule has 0 bridgehead atoms. The van der Waals surface area contributed by atoms with Gasteiger partial charge in [0.2, 0.25) is 0 Å². The molecule has 4 N–H and O–H groups in total. The Morgan fingerprint density at radius 2 is 1.78 bits per heavy atom. The van der Waals surface area contributed by atoms with Gasteiger partial charge in [0.1, 0.15) is 0 Å². The number of benzene rings is 1. The van der Waals surface area contributed by atoms with Crippen molar-refractivity contribution >= 4 is 29.3 Å². The summed E-state index contributed by atoms with van der Waals surface area (Å²) in [5.41, 5.74) is 0.570. The van der Waals surface area contributed by atoms with E-state index in [0.717, 1.165) is 25.7 Å². The third kappa shape index (κ3) is 5.86. The second kappa shape index (κ2) is 8.47. The van der Waals surface area contributed by atoms with Gasteiger partial charge in [0.15, 0.2) is 5.11 Å². The molecule has 0 aliphatic heterocycles. The van der Waals surface area contributed by atoms with Gasteiger partial charge < -0.3 is 15.7 Å². The summed E-state index contributed by atoms with van der Waals surface area (Å²) >= 11 is 5.19. The quantitative estimate of drug-likeness (QED) is 0.633. The Morgan fingerprint density at radius 3 is 2.39 bits per heavy atom. The summed E-state index contributed by atoms with van der Waals surface area (Å²) in [5, 5.41) is 17.2. The Balaban J connectivity index is 1.70. The van der Waals surface area contributed by atoms with Crippen molar-refractivity contribution in [2.75, 3.05) is 6.54 Å². The van der Waals surface area contributed by atoms with Crippen LogP contribution in [-0.4, -0.2) is 34.8 Å². The standard InChI is InChI=1S/C16H21N3O3S/c20-14(12-4-2-1-3-5-12)19-15(23)18-13-8-6-11(7-9-13)10-17-16(21)22/h1-5,11,13,17H,6-10H2,(H,21,22)(H2,18,19,20,23)/t11-,13-. The number of rotatable bonds is 4. The van der Waals surface area contributed by atoms with E-state index >= 15 is 0 Å². The fourth-order valence-corrected chi connectivity index (χ4v) is 2.99. The normalized spacial score (nSPS) is 20.3. The Kier molecular flexibility index (Phi) is 6.34. The van der Waals surface area contributed by atoms with E-state index in [1.54, 1.807) is 24.3 Å². The predicted octanol–water partition coefficient (Wildman–Crippen LogP) is 2.12. The number of carboxylic acid groups (broad SMARTS) is 1. The molecule has 7 heteroatoms. The third-order valence-electron chi connectivity index (χ3n) is 3.99. The summed E-state index contributed by atoms with van der Waals surface area (Å²) in [5.74, 6) is 0.152. The summed E-state index contributed by atoms with van der Waals surface area (Å²) in [6, 6.07) is 9.15. The van der Waals surface area contributed by atoms with Crippen LogP contribution in [0.5, 0.6) is 0 Å². The molecule has 2 amide bonds. The lowest BCUT2D eigenvalue weighted by molar-refractivity contribution is 0.0976. The molecule has 1 aromatic rings. The van der Waals surface area contributed by atoms with Crippen LogP contribution in [0.25, 0.3) is 0 Å². The van der Waals surface area contributed by atoms with Gasteiger partial charge >= 0.3 is 6.09 Å². The van der Waals surface area contributed by atoms with Crippen LogP contribution in [0.4, 0.5) is 4.79 Å². The smallest absolute Gasteiger partial charge is 0.404 e. The molecule has 0 aromatic heterocycles. The van der Waals surface area contributed by atoms with Crippen LogP contribution in [0.1, 0.15) is 36.0 Å². The van der Waals surface area contributed by atoms with Gasteiger partial charge in [0.25, 0.3) is 5.91 Å². The van der Waals surface area contributed by atoms with Gasteiger partial charge in [-0.15, -0.1) is 0 Å². The van der Waals surface area contributed by atoms with Crippen molar-refractivity contribution in [3.05, 3.63) is 35.9 Å². The lowest BCUT2D eigenvalue weighted by Crippen LogP contribution is -2.46. The number of amides is 2. The van der Waals surface area contributed by atoms with Gasteiger partial charge in [-0.05, 0) is 56.0 Å². The number of hydrogen-bond donors (Lipinski definition) is 4. The van der Waals surface area contributed by atoms with Crippen molar-refractivity contribution in [1.82, 2.24) is 16.0 Å². The molecular weight excluding hydrogens is 314 g/mol. The SMILES string of the molecule is O=C(O)NC[C@H]1CC[C@H](NC(=S)NC(=O)c2ccccc2)CC1. The molecule has 0 radical (unpaired) electrons. The summed E-state index contributed by atoms with van der Waals surface area (Å²) in [7, 11) is 0. The average Bonchev–Trinajstić information content (AvgIpc) is 2.55. The Morgan fingerprint density at radius 1 is 1.13 bits per heavy atom. The first-order chi connectivity index (χ1) is 11.0. The first-order valence-electron chi connectivity index (χ1n) is 7.68. The molecule has 0 unspecified atom stereocenters. The van der Waals surface area contributed by atoms with Crippen molar-refractivity contribution in [3.8, 4) is 0 Å². The lowest BCUT2D eigenvalue weighted by atomic mass is 9.86. The zero-order valence-corrected chi connectivity index (χ0v) is 13.6. The van der Waals surface area contributed by atoms with Gasteiger partial charge in [0, 0.05) is 18.2 Å². The van der Waals surface area contributed by atoms with E-state index in [0.29, 0.717) is 23.1 Å². The van der Waals surface area contributed by atoms with Crippen molar-refractivity contribution in [3.63, 3.8) is 0 Å². The molecule has 1 aromatic carbocycles. The molecule has 0 heterocycles. The van der Waals surface area contributed by atoms with Gasteiger partial charge in [-0.25, -0.2) is 4.79 Å². The molecule has 1 fully saturated rings. The Bertz CT molecular complexity index is 557. The van der Waals surface area contributed by atoms with Crippen molar-refractivity contribution in [2.24, 2.45) is 5.92 Å². The lowest BCUT2D eigenvalue weighted by Gasteiger charge is -2.29. The number of nitrogens with one attached hydrogen (secondary N) is 3. The number of carbonyl (C=O) groups is 2. The molecule has 0 atom stereocenters. The summed E-state index contributed by atoms with van der Waals surface area (Å²) in [4.78, 5) is 22.5. The van der Waals surface area contributed by atoms with Crippen LogP contribution < -0.4 is 16.0 Å². The van der Waals surface area contributed by atoms with E-state index in [2.05, 4.69) is 16.0 Å². The molecule has 2 rings (SSSR count). The highest BCUT2D eigenvalue weighted by Gasteiger charge is 2.22. The van der Waals surface area contributed by atoms with Crippen molar-refractivity contribution in [1.29, 1.82) is 0 Å². The summed E-state index contributed by atoms with van der Waals surface area (Å²) in [6.07, 6.45) is 2.72. The van der Waals surface area contributed by atoms with Crippen molar-refractivity contribution in [2.45, 2.75) is 31.7 Å². The van der Waals surface area contributed by atoms with Gasteiger partial charge in [0.05, 0.1) is 0 Å². The third-order valence-corrected chi connectivity index (χ3v) is 4.21. The fourth-order valence-electron chi connectivity index (χ4n) is 2.73. The first-order valence-corrected chi connectivity index (χ1v) is 8.09. The molecule has 1 saturated carbocycles. The van der Waals surface area contributed by atoms with Crippen LogP contribution in [0.2, 0.25) is 0 Å². The number of hydrogen-bond acceptors (Lipinski definition) is 3. The predicted molar refractivity (Wildman–Crippen MR) is 91.4 cm³/mol. The summed E-state index contributed by atoms with van der Waals surface area (Å²) in [6.45, 7) is 0.497. The van der Waals surface area contributed by atoms with Crippen LogP contribution in [0, 0.1) is 5.92 Å². The largest absolute Gasteiger partial charge is 0.465 e. The van der Waals surface area contributed by atoms with E-state index in [1.807, 2.05) is 6.07 Å². The van der Waals surface area contributed by atoms with Crippen LogP contribution in [0.3, 0.4) is 0 Å². The van der Waals surface area contributed by atoms with E-state index in [1.165, 1.54) is 0 Å². The van der Waals surface area contributed by atoms with Gasteiger partial charge in [-0.3, -0.25) is 10.1 Å². The zero-order valence-electron chi connectivity index (χ0n) is 12.7. The molecule has 6 nitrogen and oxygen atoms in total. The minimum Gasteiger partial charge on any atom is -0.465 e. The monoisotopic (exact) mass is 335 g/mol. The van der Waals surface area contributed by atoms with Gasteiger partial charge in [-0.2, -0.15) is 0 Å². The maximum atomic E-state index is 12.0. The average molecular weight is 335 g/mol. The minimum absolute atomic E-state index is 0.220. The second-order valence-corrected chi connectivity index (χ2v) is 6.11. The Labute approximate surface area is 140 Å². The highest BCUT2D eigenvalue weighted by molar-refractivity contribution is 7.80. The van der Waals surface area contributed by atoms with Crippen LogP contribution in [0.15, 0.2) is 30.3 Å². The Hall–Kier alpha value is -2.15. The van der Waals surface area contributed by atoms with Crippen LogP contribution >= 0.6 is 12.2 Å². The zero-order chi connectivity index (χ0) is 16.7. The molecule has 1 aliphatic carbocycles. The molecular formula is C16H21N3O3S. The second-order valence-electron chi connectivity index (χ2n) is 5.70. The molecule has 23 heavy (non-hydrogen) atoms. The topological polar surface area (TPSA) is 90.5 Å². The first kappa shape index (κ1) is 17.2. The molecule has 1 aliphatic rings.